The van der Waals surface area contributed by atoms with Crippen LogP contribution < -0.4 is 5.19 Å². The van der Waals surface area contributed by atoms with Gasteiger partial charge >= 0.3 is 0 Å². The highest BCUT2D eigenvalue weighted by Crippen LogP contribution is 2.43. The maximum atomic E-state index is 10.1. The average Bonchev–Trinajstić information content (AvgIpc) is 2.35. The van der Waals surface area contributed by atoms with Gasteiger partial charge in [0.15, 0.2) is 21.3 Å². The van der Waals surface area contributed by atoms with Gasteiger partial charge in [-0.15, -0.1) is 0 Å². The average molecular weight is 278 g/mol. The minimum Gasteiger partial charge on any atom is -0.504 e. The number of hydrogen-bond donors (Lipinski definition) is 4. The zero-order valence-corrected chi connectivity index (χ0v) is 12.6. The Morgan fingerprint density at radius 1 is 0.947 bits per heavy atom. The summed E-state index contributed by atoms with van der Waals surface area (Å²) >= 11 is 0. The lowest BCUT2D eigenvalue weighted by atomic mass is 9.83. The van der Waals surface area contributed by atoms with Gasteiger partial charge in [0, 0.05) is 10.6 Å². The quantitative estimate of drug-likeness (QED) is 0.462. The lowest BCUT2D eigenvalue weighted by molar-refractivity contribution is 0.372. The first-order chi connectivity index (χ1) is 8.79. The molecule has 0 radical (unpaired) electrons. The lowest BCUT2D eigenvalue weighted by Crippen LogP contribution is -2.18. The van der Waals surface area contributed by atoms with Crippen LogP contribution in [0.4, 0.5) is 0 Å². The molecule has 0 saturated carbocycles. The molecule has 0 aliphatic heterocycles. The molecule has 0 unspecified atom stereocenters. The standard InChI is InChI=1S/C14H18O4Si/c1-14(2,3)8-6-4-5-7-9(8)10(15)11(16)12(17)13(7)19-18/h4-6,15-18H,19H2,1-3H3. The van der Waals surface area contributed by atoms with Crippen molar-refractivity contribution in [2.75, 3.05) is 0 Å². The number of hydrogen-bond acceptors (Lipinski definition) is 4. The normalized spacial score (nSPS) is 12.6. The van der Waals surface area contributed by atoms with Crippen molar-refractivity contribution in [1.29, 1.82) is 0 Å². The van der Waals surface area contributed by atoms with E-state index in [-0.39, 0.29) is 11.2 Å². The molecule has 0 aromatic heterocycles. The first-order valence-electron chi connectivity index (χ1n) is 6.08. The van der Waals surface area contributed by atoms with Gasteiger partial charge in [-0.25, -0.2) is 0 Å². The molecular formula is C14H18O4Si. The van der Waals surface area contributed by atoms with E-state index in [2.05, 4.69) is 0 Å². The van der Waals surface area contributed by atoms with Crippen LogP contribution in [-0.4, -0.2) is 29.9 Å². The Hall–Kier alpha value is -1.72. The molecule has 0 atom stereocenters. The van der Waals surface area contributed by atoms with Gasteiger partial charge < -0.3 is 20.1 Å². The van der Waals surface area contributed by atoms with Gasteiger partial charge in [-0.2, -0.15) is 0 Å². The SMILES string of the molecule is CC(C)(C)c1cccc2c([SiH2]O)c(O)c(O)c(O)c12. The zero-order chi connectivity index (χ0) is 14.4. The minimum atomic E-state index is -1.68. The van der Waals surface area contributed by atoms with Gasteiger partial charge in [0.25, 0.3) is 0 Å². The molecule has 0 spiro atoms. The van der Waals surface area contributed by atoms with Crippen molar-refractivity contribution >= 4 is 25.7 Å². The van der Waals surface area contributed by atoms with Crippen LogP contribution in [0.1, 0.15) is 26.3 Å². The van der Waals surface area contributed by atoms with Crippen LogP contribution >= 0.6 is 0 Å². The number of rotatable bonds is 1. The summed E-state index contributed by atoms with van der Waals surface area (Å²) in [5, 5.41) is 31.2. The summed E-state index contributed by atoms with van der Waals surface area (Å²) in [5.41, 5.74) is 0.635. The molecule has 0 bridgehead atoms. The predicted octanol–water partition coefficient (Wildman–Crippen LogP) is 0.956. The molecule has 0 saturated heterocycles. The van der Waals surface area contributed by atoms with E-state index in [1.807, 2.05) is 32.9 Å². The molecule has 102 valence electrons. The number of aromatic hydroxyl groups is 3. The molecule has 2 aromatic carbocycles. The van der Waals surface area contributed by atoms with E-state index in [4.69, 9.17) is 0 Å². The topological polar surface area (TPSA) is 80.9 Å². The molecule has 4 N–H and O–H groups in total. The van der Waals surface area contributed by atoms with Crippen molar-refractivity contribution < 1.29 is 20.1 Å². The van der Waals surface area contributed by atoms with E-state index in [1.54, 1.807) is 6.07 Å². The molecular weight excluding hydrogens is 260 g/mol. The van der Waals surface area contributed by atoms with Crippen LogP contribution in [0.2, 0.25) is 0 Å². The van der Waals surface area contributed by atoms with E-state index < -0.39 is 21.3 Å². The van der Waals surface area contributed by atoms with Crippen LogP contribution in [0.3, 0.4) is 0 Å². The monoisotopic (exact) mass is 278 g/mol. The summed E-state index contributed by atoms with van der Waals surface area (Å²) in [6, 6.07) is 5.44. The maximum Gasteiger partial charge on any atom is 0.200 e. The molecule has 0 heterocycles. The Balaban J connectivity index is 3.03. The molecule has 0 fully saturated rings. The van der Waals surface area contributed by atoms with Crippen LogP contribution in [0.25, 0.3) is 10.8 Å². The predicted molar refractivity (Wildman–Crippen MR) is 78.0 cm³/mol. The van der Waals surface area contributed by atoms with Gasteiger partial charge in [-0.1, -0.05) is 39.0 Å². The summed E-state index contributed by atoms with van der Waals surface area (Å²) in [6.07, 6.45) is 0. The fourth-order valence-electron chi connectivity index (χ4n) is 2.35. The number of phenolic OH excluding ortho intramolecular Hbond substituents is 3. The van der Waals surface area contributed by atoms with E-state index in [0.717, 1.165) is 5.56 Å². The molecule has 0 aliphatic rings. The van der Waals surface area contributed by atoms with Crippen molar-refractivity contribution in [1.82, 2.24) is 0 Å². The Kier molecular flexibility index (Phi) is 3.20. The molecule has 4 nitrogen and oxygen atoms in total. The molecule has 0 aliphatic carbocycles. The highest BCUT2D eigenvalue weighted by Gasteiger charge is 2.24. The first kappa shape index (κ1) is 13.7. The second-order valence-corrected chi connectivity index (χ2v) is 6.68. The summed E-state index contributed by atoms with van der Waals surface area (Å²) in [6.45, 7) is 6.00. The Bertz CT molecular complexity index is 644. The van der Waals surface area contributed by atoms with Gasteiger partial charge in [0.05, 0.1) is 0 Å². The van der Waals surface area contributed by atoms with E-state index in [9.17, 15) is 20.1 Å². The highest BCUT2D eigenvalue weighted by atomic mass is 28.2. The molecule has 2 aromatic rings. The second-order valence-electron chi connectivity index (χ2n) is 5.66. The first-order valence-corrected chi connectivity index (χ1v) is 7.42. The zero-order valence-electron chi connectivity index (χ0n) is 11.2. The van der Waals surface area contributed by atoms with Gasteiger partial charge in [0.2, 0.25) is 5.75 Å². The van der Waals surface area contributed by atoms with Crippen molar-refractivity contribution in [2.24, 2.45) is 0 Å². The van der Waals surface area contributed by atoms with Gasteiger partial charge in [-0.3, -0.25) is 0 Å². The Labute approximate surface area is 113 Å². The van der Waals surface area contributed by atoms with E-state index in [0.29, 0.717) is 16.0 Å². The minimum absolute atomic E-state index is 0.227. The van der Waals surface area contributed by atoms with Crippen LogP contribution in [0.15, 0.2) is 18.2 Å². The Morgan fingerprint density at radius 3 is 2.11 bits per heavy atom. The molecule has 5 heteroatoms. The number of fused-ring (bicyclic) bond motifs is 1. The van der Waals surface area contributed by atoms with Crippen LogP contribution in [0, 0.1) is 0 Å². The fraction of sp³-hybridized carbons (Fsp3) is 0.286. The van der Waals surface area contributed by atoms with Crippen molar-refractivity contribution in [3.8, 4) is 17.2 Å². The number of phenols is 3. The molecule has 0 amide bonds. The Morgan fingerprint density at radius 2 is 1.58 bits per heavy atom. The van der Waals surface area contributed by atoms with Crippen LogP contribution in [0.5, 0.6) is 17.2 Å². The van der Waals surface area contributed by atoms with E-state index in [1.165, 1.54) is 0 Å². The largest absolute Gasteiger partial charge is 0.504 e. The lowest BCUT2D eigenvalue weighted by Gasteiger charge is -2.23. The third-order valence-corrected chi connectivity index (χ3v) is 4.36. The summed E-state index contributed by atoms with van der Waals surface area (Å²) in [7, 11) is -1.68. The fourth-order valence-corrected chi connectivity index (χ4v) is 3.13. The van der Waals surface area contributed by atoms with Crippen molar-refractivity contribution in [3.63, 3.8) is 0 Å². The summed E-state index contributed by atoms with van der Waals surface area (Å²) in [4.78, 5) is 9.51. The molecule has 19 heavy (non-hydrogen) atoms. The van der Waals surface area contributed by atoms with Crippen molar-refractivity contribution in [3.05, 3.63) is 23.8 Å². The highest BCUT2D eigenvalue weighted by molar-refractivity contribution is 6.52. The summed E-state index contributed by atoms with van der Waals surface area (Å²) in [5.74, 6) is -1.30. The second kappa shape index (κ2) is 4.43. The van der Waals surface area contributed by atoms with Gasteiger partial charge in [0.1, 0.15) is 0 Å². The number of benzene rings is 2. The van der Waals surface area contributed by atoms with E-state index >= 15 is 0 Å². The summed E-state index contributed by atoms with van der Waals surface area (Å²) < 4.78 is 0. The van der Waals surface area contributed by atoms with Crippen LogP contribution in [-0.2, 0) is 5.41 Å². The maximum absolute atomic E-state index is 10.1. The smallest absolute Gasteiger partial charge is 0.200 e. The van der Waals surface area contributed by atoms with Crippen molar-refractivity contribution in [2.45, 2.75) is 26.2 Å². The third kappa shape index (κ3) is 2.05. The van der Waals surface area contributed by atoms with Gasteiger partial charge in [-0.05, 0) is 16.4 Å². The molecule has 2 rings (SSSR count). The third-order valence-electron chi connectivity index (χ3n) is 3.33.